The van der Waals surface area contributed by atoms with Gasteiger partial charge in [-0.1, -0.05) is 12.1 Å². The fourth-order valence-electron chi connectivity index (χ4n) is 6.21. The number of carbonyl (C=O) groups excluding carboxylic acids is 1. The summed E-state index contributed by atoms with van der Waals surface area (Å²) in [6.07, 6.45) is 2.50. The molecule has 2 aromatic heterocycles. The Bertz CT molecular complexity index is 2010. The van der Waals surface area contributed by atoms with Gasteiger partial charge in [0.1, 0.15) is 17.3 Å². The number of hydrogen-bond acceptors (Lipinski definition) is 11. The van der Waals surface area contributed by atoms with Crippen molar-refractivity contribution in [3.63, 3.8) is 0 Å². The SMILES string of the molecule is COc1ccc2nc(CC(NS(=O)(=O)c3ccccc3[N+](=O)[O-])C3CCC(N(C)c4ccc5c(n4)NC(=O)CO5)CC3)c(=O)[nH]c2c1. The van der Waals surface area contributed by atoms with Crippen molar-refractivity contribution in [2.75, 3.05) is 31.0 Å². The number of fused-ring (bicyclic) bond motifs is 2. The molecule has 1 fully saturated rings. The van der Waals surface area contributed by atoms with Gasteiger partial charge < -0.3 is 24.7 Å². The third-order valence-corrected chi connectivity index (χ3v) is 10.3. The van der Waals surface area contributed by atoms with Crippen molar-refractivity contribution in [2.45, 2.75) is 49.1 Å². The van der Waals surface area contributed by atoms with Gasteiger partial charge in [-0.3, -0.25) is 19.7 Å². The topological polar surface area (TPSA) is 199 Å². The number of hydrogen-bond donors (Lipinski definition) is 3. The lowest BCUT2D eigenvalue weighted by molar-refractivity contribution is -0.387. The van der Waals surface area contributed by atoms with Crippen LogP contribution in [0.5, 0.6) is 11.5 Å². The van der Waals surface area contributed by atoms with Crippen molar-refractivity contribution in [3.8, 4) is 11.5 Å². The molecule has 3 heterocycles. The summed E-state index contributed by atoms with van der Waals surface area (Å²) in [5.41, 5.74) is 0.105. The van der Waals surface area contributed by atoms with Gasteiger partial charge in [0.2, 0.25) is 10.0 Å². The standard InChI is InChI=1S/C31H33N7O8S/c1-37(28-14-13-26-30(34-28)35-29(39)17-46-26)19-9-7-18(8-10-19)22(36-47(43,44)27-6-4-3-5-25(27)38(41)42)16-24-31(40)33-23-15-20(45-2)11-12-21(23)32-24/h3-6,11-15,18-19,22,36H,7-10,16-17H2,1-2H3,(H,33,40)(H,34,35,39). The molecule has 2 aromatic carbocycles. The number of anilines is 2. The zero-order chi connectivity index (χ0) is 33.3. The molecule has 16 heteroatoms. The van der Waals surface area contributed by atoms with Crippen LogP contribution in [0.15, 0.2) is 64.3 Å². The van der Waals surface area contributed by atoms with Crippen molar-refractivity contribution in [2.24, 2.45) is 5.92 Å². The molecule has 1 saturated carbocycles. The maximum Gasteiger partial charge on any atom is 0.289 e. The number of sulfonamides is 1. The number of para-hydroxylation sites is 1. The normalized spacial score (nSPS) is 18.5. The van der Waals surface area contributed by atoms with E-state index in [1.165, 1.54) is 25.3 Å². The zero-order valence-corrected chi connectivity index (χ0v) is 26.5. The van der Waals surface area contributed by atoms with Crippen LogP contribution in [0.1, 0.15) is 31.4 Å². The van der Waals surface area contributed by atoms with Crippen LogP contribution in [-0.4, -0.2) is 67.0 Å². The average molecular weight is 664 g/mol. The molecule has 1 aliphatic carbocycles. The van der Waals surface area contributed by atoms with Crippen LogP contribution in [0.3, 0.4) is 0 Å². The van der Waals surface area contributed by atoms with Gasteiger partial charge >= 0.3 is 0 Å². The predicted octanol–water partition coefficient (Wildman–Crippen LogP) is 3.15. The van der Waals surface area contributed by atoms with Gasteiger partial charge in [-0.15, -0.1) is 0 Å². The predicted molar refractivity (Wildman–Crippen MR) is 172 cm³/mol. The van der Waals surface area contributed by atoms with E-state index in [9.17, 15) is 28.1 Å². The van der Waals surface area contributed by atoms with Gasteiger partial charge in [-0.05, 0) is 61.9 Å². The molecular formula is C31H33N7O8S. The van der Waals surface area contributed by atoms with Gasteiger partial charge in [0.15, 0.2) is 23.1 Å². The highest BCUT2D eigenvalue weighted by Gasteiger charge is 2.35. The Morgan fingerprint density at radius 2 is 1.87 bits per heavy atom. The molecule has 15 nitrogen and oxygen atoms in total. The van der Waals surface area contributed by atoms with Gasteiger partial charge in [-0.2, -0.15) is 0 Å². The lowest BCUT2D eigenvalue weighted by atomic mass is 9.80. The molecule has 47 heavy (non-hydrogen) atoms. The van der Waals surface area contributed by atoms with Crippen molar-refractivity contribution in [3.05, 3.63) is 80.8 Å². The zero-order valence-electron chi connectivity index (χ0n) is 25.6. The number of methoxy groups -OCH3 is 1. The Morgan fingerprint density at radius 1 is 1.11 bits per heavy atom. The van der Waals surface area contributed by atoms with Gasteiger partial charge in [0, 0.05) is 37.7 Å². The van der Waals surface area contributed by atoms with Crippen molar-refractivity contribution in [1.82, 2.24) is 19.7 Å². The number of aromatic amines is 1. The van der Waals surface area contributed by atoms with E-state index in [0.29, 0.717) is 59.9 Å². The molecule has 0 bridgehead atoms. The van der Waals surface area contributed by atoms with Gasteiger partial charge in [0.25, 0.3) is 17.2 Å². The number of amides is 1. The number of aromatic nitrogens is 3. The molecule has 2 aliphatic rings. The van der Waals surface area contributed by atoms with E-state index in [1.54, 1.807) is 24.3 Å². The highest BCUT2D eigenvalue weighted by molar-refractivity contribution is 7.89. The van der Waals surface area contributed by atoms with Crippen molar-refractivity contribution < 1.29 is 27.6 Å². The van der Waals surface area contributed by atoms with Crippen molar-refractivity contribution >= 4 is 44.3 Å². The number of rotatable bonds is 10. The van der Waals surface area contributed by atoms with E-state index in [0.717, 1.165) is 6.07 Å². The van der Waals surface area contributed by atoms with Crippen LogP contribution in [0.4, 0.5) is 17.3 Å². The second-order valence-corrected chi connectivity index (χ2v) is 13.3. The molecule has 1 unspecified atom stereocenters. The summed E-state index contributed by atoms with van der Waals surface area (Å²) in [7, 11) is -0.947. The van der Waals surface area contributed by atoms with Crippen molar-refractivity contribution in [1.29, 1.82) is 0 Å². The molecule has 3 N–H and O–H groups in total. The molecule has 6 rings (SSSR count). The maximum absolute atomic E-state index is 13.7. The first-order chi connectivity index (χ1) is 22.5. The fourth-order valence-corrected chi connectivity index (χ4v) is 7.68. The van der Waals surface area contributed by atoms with Crippen LogP contribution < -0.4 is 30.0 Å². The van der Waals surface area contributed by atoms with E-state index in [2.05, 4.69) is 25.0 Å². The molecular weight excluding hydrogens is 630 g/mol. The number of ether oxygens (including phenoxy) is 2. The van der Waals surface area contributed by atoms with Crippen LogP contribution in [0, 0.1) is 16.0 Å². The third-order valence-electron chi connectivity index (χ3n) is 8.72. The molecule has 1 aliphatic heterocycles. The number of nitrogens with one attached hydrogen (secondary N) is 3. The Balaban J connectivity index is 1.26. The van der Waals surface area contributed by atoms with Gasteiger partial charge in [0.05, 0.1) is 23.1 Å². The molecule has 0 radical (unpaired) electrons. The Hall–Kier alpha value is -5.09. The lowest BCUT2D eigenvalue weighted by Gasteiger charge is -2.38. The molecule has 0 spiro atoms. The number of nitro benzene ring substituents is 1. The molecule has 246 valence electrons. The summed E-state index contributed by atoms with van der Waals surface area (Å²) >= 11 is 0. The van der Waals surface area contributed by atoms with E-state index in [-0.39, 0.29) is 36.6 Å². The highest BCUT2D eigenvalue weighted by atomic mass is 32.2. The summed E-state index contributed by atoms with van der Waals surface area (Å²) in [4.78, 5) is 49.4. The first kappa shape index (κ1) is 31.9. The third kappa shape index (κ3) is 6.73. The van der Waals surface area contributed by atoms with Crippen LogP contribution >= 0.6 is 0 Å². The quantitative estimate of drug-likeness (QED) is 0.166. The second kappa shape index (κ2) is 13.0. The van der Waals surface area contributed by atoms with Crippen LogP contribution in [0.25, 0.3) is 11.0 Å². The minimum absolute atomic E-state index is 0.0333. The highest BCUT2D eigenvalue weighted by Crippen LogP contribution is 2.35. The summed E-state index contributed by atoms with van der Waals surface area (Å²) in [5, 5.41) is 14.4. The number of nitrogens with zero attached hydrogens (tertiary/aromatic N) is 4. The largest absolute Gasteiger partial charge is 0.497 e. The van der Waals surface area contributed by atoms with E-state index < -0.39 is 37.1 Å². The Labute approximate surface area is 269 Å². The number of nitro groups is 1. The number of benzene rings is 2. The Morgan fingerprint density at radius 3 is 2.62 bits per heavy atom. The summed E-state index contributed by atoms with van der Waals surface area (Å²) in [6.45, 7) is -0.0637. The summed E-state index contributed by atoms with van der Waals surface area (Å²) < 4.78 is 40.7. The van der Waals surface area contributed by atoms with Crippen LogP contribution in [0.2, 0.25) is 0 Å². The Kier molecular flexibility index (Phi) is 8.79. The smallest absolute Gasteiger partial charge is 0.289 e. The minimum atomic E-state index is -4.37. The molecule has 0 saturated heterocycles. The van der Waals surface area contributed by atoms with E-state index in [1.807, 2.05) is 18.0 Å². The molecule has 4 aromatic rings. The summed E-state index contributed by atoms with van der Waals surface area (Å²) in [5.74, 6) is 1.55. The second-order valence-electron chi connectivity index (χ2n) is 11.6. The minimum Gasteiger partial charge on any atom is -0.497 e. The maximum atomic E-state index is 13.7. The van der Waals surface area contributed by atoms with E-state index >= 15 is 0 Å². The fraction of sp³-hybridized carbons (Fsp3) is 0.355. The number of pyridine rings is 1. The average Bonchev–Trinajstić information content (AvgIpc) is 3.07. The summed E-state index contributed by atoms with van der Waals surface area (Å²) in [6, 6.07) is 13.1. The van der Waals surface area contributed by atoms with Gasteiger partial charge in [-0.25, -0.2) is 23.1 Å². The molecule has 1 atom stereocenters. The monoisotopic (exact) mass is 663 g/mol. The first-order valence-corrected chi connectivity index (χ1v) is 16.5. The lowest BCUT2D eigenvalue weighted by Crippen LogP contribution is -2.46. The van der Waals surface area contributed by atoms with E-state index in [4.69, 9.17) is 9.47 Å². The molecule has 1 amide bonds. The first-order valence-electron chi connectivity index (χ1n) is 15.0. The van der Waals surface area contributed by atoms with Crippen LogP contribution in [-0.2, 0) is 21.2 Å². The number of H-pyrrole nitrogens is 1. The number of carbonyl (C=O) groups is 1.